The number of carbonyl (C=O) groups is 1. The molecule has 33 heavy (non-hydrogen) atoms. The van der Waals surface area contributed by atoms with Gasteiger partial charge in [-0.15, -0.1) is 0 Å². The molecule has 3 aromatic rings. The summed E-state index contributed by atoms with van der Waals surface area (Å²) >= 11 is 0. The third-order valence-corrected chi connectivity index (χ3v) is 7.40. The summed E-state index contributed by atoms with van der Waals surface area (Å²) in [4.78, 5) is 34.1. The molecule has 176 valence electrons. The number of para-hydroxylation sites is 1. The van der Waals surface area contributed by atoms with Crippen molar-refractivity contribution in [2.24, 2.45) is 0 Å². The lowest BCUT2D eigenvalue weighted by molar-refractivity contribution is -0.117. The van der Waals surface area contributed by atoms with Gasteiger partial charge in [-0.05, 0) is 42.9 Å². The van der Waals surface area contributed by atoms with Crippen LogP contribution in [0, 0.1) is 0 Å². The fourth-order valence-electron chi connectivity index (χ4n) is 3.53. The van der Waals surface area contributed by atoms with Crippen LogP contribution in [0.4, 0.5) is 5.69 Å². The Balaban J connectivity index is 1.65. The van der Waals surface area contributed by atoms with Gasteiger partial charge in [0.05, 0.1) is 28.9 Å². The third-order valence-electron chi connectivity index (χ3n) is 5.33. The molecular formula is C23H29N5O4S. The van der Waals surface area contributed by atoms with Gasteiger partial charge in [0.25, 0.3) is 5.56 Å². The van der Waals surface area contributed by atoms with Crippen LogP contribution in [0.3, 0.4) is 0 Å². The topological polar surface area (TPSA) is 115 Å². The summed E-state index contributed by atoms with van der Waals surface area (Å²) in [7, 11) is -3.55. The van der Waals surface area contributed by atoms with Gasteiger partial charge in [-0.2, -0.15) is 4.31 Å². The van der Waals surface area contributed by atoms with Crippen molar-refractivity contribution in [3.05, 3.63) is 64.7 Å². The van der Waals surface area contributed by atoms with E-state index in [0.29, 0.717) is 48.6 Å². The first kappa shape index (κ1) is 24.6. The van der Waals surface area contributed by atoms with Crippen molar-refractivity contribution in [2.75, 3.05) is 31.5 Å². The van der Waals surface area contributed by atoms with Crippen molar-refractivity contribution in [1.82, 2.24) is 19.2 Å². The number of hydrogen-bond donors (Lipinski definition) is 2. The summed E-state index contributed by atoms with van der Waals surface area (Å²) < 4.78 is 26.6. The second-order valence-electron chi connectivity index (χ2n) is 7.49. The molecule has 0 aliphatic rings. The SMILES string of the molecule is CCN(CC(=O)Nc1ccc(S(=O)(=O)N(CC)CC)cc1)Cc1nc2ccccc2c(=O)[nH]1. The highest BCUT2D eigenvalue weighted by molar-refractivity contribution is 7.89. The number of H-pyrrole nitrogens is 1. The Kier molecular flexibility index (Phi) is 7.96. The van der Waals surface area contributed by atoms with E-state index in [1.165, 1.54) is 16.4 Å². The van der Waals surface area contributed by atoms with Crippen molar-refractivity contribution in [3.63, 3.8) is 0 Å². The summed E-state index contributed by atoms with van der Waals surface area (Å²) in [6.45, 7) is 7.25. The molecule has 1 heterocycles. The van der Waals surface area contributed by atoms with E-state index >= 15 is 0 Å². The number of sulfonamides is 1. The first-order valence-corrected chi connectivity index (χ1v) is 12.3. The van der Waals surface area contributed by atoms with Crippen LogP contribution in [-0.2, 0) is 21.4 Å². The number of likely N-dealkylation sites (N-methyl/N-ethyl adjacent to an activating group) is 1. The Labute approximate surface area is 193 Å². The number of aromatic amines is 1. The van der Waals surface area contributed by atoms with Gasteiger partial charge in [0.2, 0.25) is 15.9 Å². The predicted octanol–water partition coefficient (Wildman–Crippen LogP) is 2.41. The molecule has 0 unspecified atom stereocenters. The fraction of sp³-hybridized carbons (Fsp3) is 0.348. The molecule has 3 rings (SSSR count). The van der Waals surface area contributed by atoms with Crippen molar-refractivity contribution in [3.8, 4) is 0 Å². The van der Waals surface area contributed by atoms with Crippen LogP contribution in [-0.4, -0.2) is 59.7 Å². The number of benzene rings is 2. The second-order valence-corrected chi connectivity index (χ2v) is 9.43. The summed E-state index contributed by atoms with van der Waals surface area (Å²) in [6.07, 6.45) is 0. The van der Waals surface area contributed by atoms with Crippen LogP contribution in [0.2, 0.25) is 0 Å². The molecule has 0 aliphatic carbocycles. The zero-order valence-electron chi connectivity index (χ0n) is 19.0. The lowest BCUT2D eigenvalue weighted by Gasteiger charge is -2.20. The van der Waals surface area contributed by atoms with E-state index in [2.05, 4.69) is 15.3 Å². The van der Waals surface area contributed by atoms with Crippen LogP contribution in [0.15, 0.2) is 58.2 Å². The molecule has 2 aromatic carbocycles. The maximum atomic E-state index is 12.6. The molecule has 2 N–H and O–H groups in total. The van der Waals surface area contributed by atoms with Gasteiger partial charge >= 0.3 is 0 Å². The number of anilines is 1. The highest BCUT2D eigenvalue weighted by Crippen LogP contribution is 2.18. The smallest absolute Gasteiger partial charge is 0.258 e. The Bertz CT molecular complexity index is 1270. The normalized spacial score (nSPS) is 11.9. The van der Waals surface area contributed by atoms with Crippen LogP contribution in [0.5, 0.6) is 0 Å². The van der Waals surface area contributed by atoms with Crippen LogP contribution in [0.1, 0.15) is 26.6 Å². The highest BCUT2D eigenvalue weighted by Gasteiger charge is 2.21. The maximum absolute atomic E-state index is 12.6. The Morgan fingerprint density at radius 1 is 1.00 bits per heavy atom. The molecule has 0 saturated heterocycles. The van der Waals surface area contributed by atoms with Gasteiger partial charge in [0.1, 0.15) is 5.82 Å². The minimum atomic E-state index is -3.55. The van der Waals surface area contributed by atoms with Gasteiger partial charge in [-0.3, -0.25) is 14.5 Å². The lowest BCUT2D eigenvalue weighted by atomic mass is 10.2. The average molecular weight is 472 g/mol. The number of aromatic nitrogens is 2. The molecule has 10 heteroatoms. The van der Waals surface area contributed by atoms with E-state index in [-0.39, 0.29) is 22.9 Å². The standard InChI is InChI=1S/C23H29N5O4S/c1-4-27(15-21-25-20-10-8-7-9-19(20)23(30)26-21)16-22(29)24-17-11-13-18(14-12-17)33(31,32)28(5-2)6-3/h7-14H,4-6,15-16H2,1-3H3,(H,24,29)(H,25,26,30). The summed E-state index contributed by atoms with van der Waals surface area (Å²) in [5.74, 6) is 0.235. The second kappa shape index (κ2) is 10.7. The van der Waals surface area contributed by atoms with Gasteiger partial charge in [0, 0.05) is 18.8 Å². The van der Waals surface area contributed by atoms with Gasteiger partial charge in [0.15, 0.2) is 0 Å². The largest absolute Gasteiger partial charge is 0.325 e. The number of hydrogen-bond acceptors (Lipinski definition) is 6. The Hall–Kier alpha value is -3.08. The highest BCUT2D eigenvalue weighted by atomic mass is 32.2. The van der Waals surface area contributed by atoms with Gasteiger partial charge in [-0.25, -0.2) is 13.4 Å². The molecule has 0 aliphatic heterocycles. The van der Waals surface area contributed by atoms with E-state index in [1.54, 1.807) is 44.2 Å². The molecule has 0 atom stereocenters. The van der Waals surface area contributed by atoms with Crippen molar-refractivity contribution < 1.29 is 13.2 Å². The zero-order chi connectivity index (χ0) is 24.0. The number of nitrogens with one attached hydrogen (secondary N) is 2. The predicted molar refractivity (Wildman–Crippen MR) is 128 cm³/mol. The summed E-state index contributed by atoms with van der Waals surface area (Å²) in [6, 6.07) is 13.2. The minimum Gasteiger partial charge on any atom is -0.325 e. The van der Waals surface area contributed by atoms with Gasteiger partial charge < -0.3 is 10.3 Å². The van der Waals surface area contributed by atoms with Crippen LogP contribution >= 0.6 is 0 Å². The first-order chi connectivity index (χ1) is 15.8. The molecule has 0 radical (unpaired) electrons. The number of nitrogens with zero attached hydrogens (tertiary/aromatic N) is 3. The first-order valence-electron chi connectivity index (χ1n) is 10.9. The average Bonchev–Trinajstić information content (AvgIpc) is 2.79. The third kappa shape index (κ3) is 5.84. The molecule has 0 saturated carbocycles. The molecule has 0 bridgehead atoms. The monoisotopic (exact) mass is 471 g/mol. The number of rotatable bonds is 10. The molecular weight excluding hydrogens is 442 g/mol. The molecule has 0 fully saturated rings. The van der Waals surface area contributed by atoms with Gasteiger partial charge in [-0.1, -0.05) is 32.9 Å². The number of amides is 1. The maximum Gasteiger partial charge on any atom is 0.258 e. The molecule has 1 aromatic heterocycles. The van der Waals surface area contributed by atoms with E-state index < -0.39 is 10.0 Å². The molecule has 1 amide bonds. The number of fused-ring (bicyclic) bond motifs is 1. The quantitative estimate of drug-likeness (QED) is 0.469. The summed E-state index contributed by atoms with van der Waals surface area (Å²) in [5.41, 5.74) is 0.902. The number of carbonyl (C=O) groups excluding carboxylic acids is 1. The Morgan fingerprint density at radius 2 is 1.67 bits per heavy atom. The fourth-order valence-corrected chi connectivity index (χ4v) is 4.99. The van der Waals surface area contributed by atoms with E-state index in [1.807, 2.05) is 17.9 Å². The van der Waals surface area contributed by atoms with Crippen molar-refractivity contribution in [2.45, 2.75) is 32.2 Å². The Morgan fingerprint density at radius 3 is 2.30 bits per heavy atom. The molecule has 9 nitrogen and oxygen atoms in total. The minimum absolute atomic E-state index is 0.0898. The van der Waals surface area contributed by atoms with E-state index in [9.17, 15) is 18.0 Å². The molecule has 0 spiro atoms. The van der Waals surface area contributed by atoms with Crippen LogP contribution in [0.25, 0.3) is 10.9 Å². The van der Waals surface area contributed by atoms with E-state index in [4.69, 9.17) is 0 Å². The zero-order valence-corrected chi connectivity index (χ0v) is 19.9. The summed E-state index contributed by atoms with van der Waals surface area (Å²) in [5, 5.41) is 3.31. The van der Waals surface area contributed by atoms with E-state index in [0.717, 1.165) is 0 Å². The van der Waals surface area contributed by atoms with Crippen LogP contribution < -0.4 is 10.9 Å². The lowest BCUT2D eigenvalue weighted by Crippen LogP contribution is -2.34. The van der Waals surface area contributed by atoms with Crippen molar-refractivity contribution >= 4 is 32.5 Å². The van der Waals surface area contributed by atoms with Crippen molar-refractivity contribution in [1.29, 1.82) is 0 Å².